The van der Waals surface area contributed by atoms with Crippen LogP contribution >= 0.6 is 0 Å². The molecule has 0 bridgehead atoms. The van der Waals surface area contributed by atoms with Crippen molar-refractivity contribution < 1.29 is 18.0 Å². The summed E-state index contributed by atoms with van der Waals surface area (Å²) in [6.45, 7) is 1.65. The lowest BCUT2D eigenvalue weighted by Crippen LogP contribution is -2.15. The minimum Gasteiger partial charge on any atom is -0.300 e. The van der Waals surface area contributed by atoms with Gasteiger partial charge in [0.15, 0.2) is 0 Å². The fraction of sp³-hybridized carbons (Fsp3) is 0.538. The summed E-state index contributed by atoms with van der Waals surface area (Å²) in [5.41, 5.74) is 0.551. The molecular formula is C13H14F3NO. The number of hydrogen-bond donors (Lipinski definition) is 0. The zero-order valence-electron chi connectivity index (χ0n) is 10.0. The van der Waals surface area contributed by atoms with E-state index < -0.39 is 11.7 Å². The average Bonchev–Trinajstić information content (AvgIpc) is 2.29. The van der Waals surface area contributed by atoms with E-state index in [2.05, 4.69) is 4.98 Å². The first kappa shape index (κ1) is 13.1. The van der Waals surface area contributed by atoms with Gasteiger partial charge in [0.05, 0.1) is 5.56 Å². The standard InChI is InChI=1S/C13H14F3NO/c1-8-6-10(13(14,15)16)7-17-12(8)9-2-4-11(18)5-3-9/h6-7,9H,2-5H2,1H3. The van der Waals surface area contributed by atoms with Crippen LogP contribution in [0.15, 0.2) is 12.3 Å². The molecule has 0 atom stereocenters. The number of Topliss-reactive ketones (excluding diaryl/α,β-unsaturated/α-hetero) is 1. The molecule has 0 aliphatic heterocycles. The van der Waals surface area contributed by atoms with Crippen molar-refractivity contribution in [3.8, 4) is 0 Å². The van der Waals surface area contributed by atoms with Gasteiger partial charge in [-0.05, 0) is 31.4 Å². The molecule has 0 aromatic carbocycles. The first-order chi connectivity index (χ1) is 8.38. The third-order valence-corrected chi connectivity index (χ3v) is 3.38. The smallest absolute Gasteiger partial charge is 0.300 e. The van der Waals surface area contributed by atoms with Gasteiger partial charge < -0.3 is 0 Å². The fourth-order valence-electron chi connectivity index (χ4n) is 2.38. The van der Waals surface area contributed by atoms with Gasteiger partial charge in [-0.3, -0.25) is 9.78 Å². The highest BCUT2D eigenvalue weighted by molar-refractivity contribution is 5.79. The van der Waals surface area contributed by atoms with Crippen LogP contribution in [0.25, 0.3) is 0 Å². The van der Waals surface area contributed by atoms with Crippen LogP contribution in [0.5, 0.6) is 0 Å². The van der Waals surface area contributed by atoms with Crippen LogP contribution in [0.4, 0.5) is 13.2 Å². The lowest BCUT2D eigenvalue weighted by molar-refractivity contribution is -0.137. The van der Waals surface area contributed by atoms with Gasteiger partial charge in [-0.2, -0.15) is 13.2 Å². The molecule has 98 valence electrons. The van der Waals surface area contributed by atoms with E-state index in [9.17, 15) is 18.0 Å². The maximum absolute atomic E-state index is 12.5. The van der Waals surface area contributed by atoms with Gasteiger partial charge in [-0.1, -0.05) is 0 Å². The molecule has 0 spiro atoms. The lowest BCUT2D eigenvalue weighted by Gasteiger charge is -2.22. The number of pyridine rings is 1. The number of halogens is 3. The largest absolute Gasteiger partial charge is 0.417 e. The van der Waals surface area contributed by atoms with Crippen molar-refractivity contribution in [2.45, 2.75) is 44.7 Å². The zero-order chi connectivity index (χ0) is 13.3. The Morgan fingerprint density at radius 3 is 2.39 bits per heavy atom. The SMILES string of the molecule is Cc1cc(C(F)(F)F)cnc1C1CCC(=O)CC1. The van der Waals surface area contributed by atoms with Crippen molar-refractivity contribution in [1.29, 1.82) is 0 Å². The molecule has 1 heterocycles. The Bertz CT molecular complexity index is 458. The number of hydrogen-bond acceptors (Lipinski definition) is 2. The number of carbonyl (C=O) groups excluding carboxylic acids is 1. The molecule has 1 aliphatic carbocycles. The number of aromatic nitrogens is 1. The number of alkyl halides is 3. The quantitative estimate of drug-likeness (QED) is 0.768. The van der Waals surface area contributed by atoms with Gasteiger partial charge in [-0.15, -0.1) is 0 Å². The molecule has 0 radical (unpaired) electrons. The summed E-state index contributed by atoms with van der Waals surface area (Å²) in [7, 11) is 0. The predicted octanol–water partition coefficient (Wildman–Crippen LogP) is 3.64. The monoisotopic (exact) mass is 257 g/mol. The lowest BCUT2D eigenvalue weighted by atomic mass is 9.84. The first-order valence-electron chi connectivity index (χ1n) is 5.93. The Hall–Kier alpha value is -1.39. The van der Waals surface area contributed by atoms with Gasteiger partial charge in [0, 0.05) is 30.7 Å². The van der Waals surface area contributed by atoms with Gasteiger partial charge >= 0.3 is 6.18 Å². The number of carbonyl (C=O) groups is 1. The van der Waals surface area contributed by atoms with E-state index in [4.69, 9.17) is 0 Å². The Morgan fingerprint density at radius 2 is 1.89 bits per heavy atom. The van der Waals surface area contributed by atoms with E-state index in [1.54, 1.807) is 6.92 Å². The molecule has 18 heavy (non-hydrogen) atoms. The highest BCUT2D eigenvalue weighted by Gasteiger charge is 2.32. The molecule has 0 saturated heterocycles. The fourth-order valence-corrected chi connectivity index (χ4v) is 2.38. The second kappa shape index (κ2) is 4.71. The summed E-state index contributed by atoms with van der Waals surface area (Å²) in [6.07, 6.45) is -1.06. The summed E-state index contributed by atoms with van der Waals surface area (Å²) in [5, 5.41) is 0. The minimum absolute atomic E-state index is 0.116. The summed E-state index contributed by atoms with van der Waals surface area (Å²) in [5.74, 6) is 0.348. The van der Waals surface area contributed by atoms with Crippen molar-refractivity contribution in [2.75, 3.05) is 0 Å². The number of aryl methyl sites for hydroxylation is 1. The van der Waals surface area contributed by atoms with Crippen molar-refractivity contribution in [2.24, 2.45) is 0 Å². The molecule has 0 amide bonds. The normalized spacial score (nSPS) is 18.1. The third kappa shape index (κ3) is 2.71. The van der Waals surface area contributed by atoms with Crippen LogP contribution in [0.3, 0.4) is 0 Å². The van der Waals surface area contributed by atoms with Gasteiger partial charge in [0.2, 0.25) is 0 Å². The molecule has 1 aromatic heterocycles. The Labute approximate surface area is 103 Å². The molecule has 1 aliphatic rings. The summed E-state index contributed by atoms with van der Waals surface area (Å²) < 4.78 is 37.5. The summed E-state index contributed by atoms with van der Waals surface area (Å²) >= 11 is 0. The van der Waals surface area contributed by atoms with E-state index in [0.717, 1.165) is 12.3 Å². The highest BCUT2D eigenvalue weighted by Crippen LogP contribution is 2.34. The molecule has 0 unspecified atom stereocenters. The van der Waals surface area contributed by atoms with Crippen LogP contribution in [0, 0.1) is 6.92 Å². The van der Waals surface area contributed by atoms with Crippen LogP contribution in [-0.4, -0.2) is 10.8 Å². The third-order valence-electron chi connectivity index (χ3n) is 3.38. The number of ketones is 1. The molecule has 2 nitrogen and oxygen atoms in total. The Morgan fingerprint density at radius 1 is 1.28 bits per heavy atom. The second-order valence-electron chi connectivity index (χ2n) is 4.74. The van der Waals surface area contributed by atoms with Gasteiger partial charge in [-0.25, -0.2) is 0 Å². The van der Waals surface area contributed by atoms with E-state index in [0.29, 0.717) is 36.9 Å². The second-order valence-corrected chi connectivity index (χ2v) is 4.74. The van der Waals surface area contributed by atoms with Crippen molar-refractivity contribution in [3.63, 3.8) is 0 Å². The summed E-state index contributed by atoms with van der Waals surface area (Å²) in [4.78, 5) is 15.1. The molecule has 0 N–H and O–H groups in total. The van der Waals surface area contributed by atoms with Crippen LogP contribution in [0.1, 0.15) is 48.4 Å². The molecule has 5 heteroatoms. The van der Waals surface area contributed by atoms with Crippen molar-refractivity contribution in [3.05, 3.63) is 29.1 Å². The Kier molecular flexibility index (Phi) is 3.41. The average molecular weight is 257 g/mol. The van der Waals surface area contributed by atoms with Crippen molar-refractivity contribution >= 4 is 5.78 Å². The van der Waals surface area contributed by atoms with E-state index in [1.807, 2.05) is 0 Å². The number of rotatable bonds is 1. The first-order valence-corrected chi connectivity index (χ1v) is 5.93. The van der Waals surface area contributed by atoms with Crippen LogP contribution in [0.2, 0.25) is 0 Å². The van der Waals surface area contributed by atoms with Crippen molar-refractivity contribution in [1.82, 2.24) is 4.98 Å². The maximum Gasteiger partial charge on any atom is 0.417 e. The summed E-state index contributed by atoms with van der Waals surface area (Å²) in [6, 6.07) is 1.14. The van der Waals surface area contributed by atoms with Gasteiger partial charge in [0.25, 0.3) is 0 Å². The minimum atomic E-state index is -4.35. The topological polar surface area (TPSA) is 30.0 Å². The van der Waals surface area contributed by atoms with Gasteiger partial charge in [0.1, 0.15) is 5.78 Å². The zero-order valence-corrected chi connectivity index (χ0v) is 10.0. The maximum atomic E-state index is 12.5. The molecule has 1 saturated carbocycles. The van der Waals surface area contributed by atoms with Crippen LogP contribution in [-0.2, 0) is 11.0 Å². The predicted molar refractivity (Wildman–Crippen MR) is 60.2 cm³/mol. The van der Waals surface area contributed by atoms with E-state index in [-0.39, 0.29) is 11.7 Å². The highest BCUT2D eigenvalue weighted by atomic mass is 19.4. The molecule has 2 rings (SSSR count). The van der Waals surface area contributed by atoms with E-state index in [1.165, 1.54) is 0 Å². The Balaban J connectivity index is 2.22. The van der Waals surface area contributed by atoms with Crippen LogP contribution < -0.4 is 0 Å². The molecule has 1 fully saturated rings. The molecule has 1 aromatic rings. The number of nitrogens with zero attached hydrogens (tertiary/aromatic N) is 1. The molecular weight excluding hydrogens is 243 g/mol. The van der Waals surface area contributed by atoms with E-state index >= 15 is 0 Å².